The molecule has 7 heteroatoms. The molecule has 74 valence electrons. The zero-order valence-corrected chi connectivity index (χ0v) is 6.63. The Hall–Kier alpha value is -1.63. The Morgan fingerprint density at radius 2 is 1.92 bits per heavy atom. The van der Waals surface area contributed by atoms with Crippen LogP contribution in [-0.2, 0) is 14.4 Å². The molecule has 5 N–H and O–H groups in total. The minimum atomic E-state index is -1.39. The molecule has 0 fully saturated rings. The maximum Gasteiger partial charge on any atom is 0.322 e. The van der Waals surface area contributed by atoms with Gasteiger partial charge < -0.3 is 21.4 Å². The van der Waals surface area contributed by atoms with Gasteiger partial charge >= 0.3 is 5.97 Å². The summed E-state index contributed by atoms with van der Waals surface area (Å²) in [5.41, 5.74) is 0.0318. The van der Waals surface area contributed by atoms with Crippen molar-refractivity contribution < 1.29 is 25.1 Å². The Morgan fingerprint density at radius 1 is 1.31 bits per heavy atom. The summed E-state index contributed by atoms with van der Waals surface area (Å²) < 4.78 is 27.3. The first-order valence-electron chi connectivity index (χ1n) is 5.08. The first kappa shape index (κ1) is 5.92. The summed E-state index contributed by atoms with van der Waals surface area (Å²) >= 11 is 0. The Morgan fingerprint density at radius 3 is 2.46 bits per heavy atom. The molecule has 0 aliphatic rings. The van der Waals surface area contributed by atoms with E-state index in [0.717, 1.165) is 0 Å². The summed E-state index contributed by atoms with van der Waals surface area (Å²) in [6.07, 6.45) is 0. The fourth-order valence-electron chi connectivity index (χ4n) is 0.412. The molecule has 0 unspecified atom stereocenters. The second-order valence-electron chi connectivity index (χ2n) is 1.97. The van der Waals surface area contributed by atoms with Crippen LogP contribution in [0.15, 0.2) is 0 Å². The number of rotatable bonds is 6. The minimum absolute atomic E-state index is 0.0318. The predicted octanol–water partition coefficient (Wildman–Crippen LogP) is -2.74. The van der Waals surface area contributed by atoms with Crippen LogP contribution in [0, 0.1) is 0 Å². The molecule has 0 spiro atoms. The van der Waals surface area contributed by atoms with E-state index < -0.39 is 37.4 Å². The van der Waals surface area contributed by atoms with Gasteiger partial charge in [0, 0.05) is 0 Å². The van der Waals surface area contributed by atoms with E-state index in [1.54, 1.807) is 0 Å². The Kier molecular flexibility index (Phi) is 2.71. The quantitative estimate of drug-likeness (QED) is 0.364. The van der Waals surface area contributed by atoms with E-state index in [0.29, 0.717) is 0 Å². The van der Waals surface area contributed by atoms with Gasteiger partial charge in [-0.3, -0.25) is 14.4 Å². The van der Waals surface area contributed by atoms with Crippen molar-refractivity contribution in [3.05, 3.63) is 0 Å². The first-order chi connectivity index (χ1) is 7.73. The van der Waals surface area contributed by atoms with Crippen molar-refractivity contribution in [3.8, 4) is 0 Å². The van der Waals surface area contributed by atoms with Gasteiger partial charge in [-0.1, -0.05) is 0 Å². The van der Waals surface area contributed by atoms with Crippen molar-refractivity contribution in [1.82, 2.24) is 10.6 Å². The number of nitrogens with two attached hydrogens (primary N) is 1. The molecule has 0 radical (unpaired) electrons. The van der Waals surface area contributed by atoms with E-state index in [9.17, 15) is 14.4 Å². The Balaban J connectivity index is 4.19. The molecule has 0 atom stereocenters. The lowest BCUT2D eigenvalue weighted by Crippen LogP contribution is -2.40. The number of amides is 2. The van der Waals surface area contributed by atoms with Crippen molar-refractivity contribution in [3.63, 3.8) is 0 Å². The summed E-state index contributed by atoms with van der Waals surface area (Å²) in [7, 11) is 0. The molecule has 0 saturated heterocycles. The molecule has 0 aliphatic heterocycles. The lowest BCUT2D eigenvalue weighted by Gasteiger charge is -2.03. The van der Waals surface area contributed by atoms with Crippen molar-refractivity contribution in [2.75, 3.05) is 19.6 Å². The monoisotopic (exact) mass is 193 g/mol. The first-order valence-corrected chi connectivity index (χ1v) is 3.29. The van der Waals surface area contributed by atoms with Crippen LogP contribution < -0.4 is 16.3 Å². The molecular weight excluding hydrogens is 178 g/mol. The van der Waals surface area contributed by atoms with E-state index in [4.69, 9.17) is 10.8 Å². The largest absolute Gasteiger partial charge is 0.480 e. The third-order valence-electron chi connectivity index (χ3n) is 0.917. The van der Waals surface area contributed by atoms with Gasteiger partial charge in [-0.05, 0) is 0 Å². The van der Waals surface area contributed by atoms with Gasteiger partial charge in [0.1, 0.15) is 9.37 Å². The molecule has 0 bridgehead atoms. The smallest absolute Gasteiger partial charge is 0.322 e. The van der Waals surface area contributed by atoms with Crippen LogP contribution in [0.25, 0.3) is 0 Å². The van der Waals surface area contributed by atoms with Crippen molar-refractivity contribution >= 4 is 17.8 Å². The number of hydrogen-bond acceptors (Lipinski definition) is 4. The van der Waals surface area contributed by atoms with Crippen molar-refractivity contribution in [1.29, 1.82) is 0 Å². The number of aliphatic carboxylic acids is 1. The van der Waals surface area contributed by atoms with E-state index in [-0.39, 0.29) is 16.3 Å². The molecule has 0 aromatic carbocycles. The molecule has 0 saturated carbocycles. The third kappa shape index (κ3) is 6.76. The zero-order chi connectivity index (χ0) is 13.6. The second-order valence-corrected chi connectivity index (χ2v) is 1.97. The number of hydrogen-bond donors (Lipinski definition) is 4. The Bertz CT molecular complexity index is 314. The number of carboxylic acid groups (broad SMARTS) is 1. The fourth-order valence-corrected chi connectivity index (χ4v) is 0.412. The molecule has 0 aliphatic carbocycles. The molecule has 13 heavy (non-hydrogen) atoms. The van der Waals surface area contributed by atoms with Gasteiger partial charge in [0.15, 0.2) is 2.82 Å². The second kappa shape index (κ2) is 5.95. The Labute approximate surface area is 80.1 Å². The van der Waals surface area contributed by atoms with Crippen LogP contribution in [0.1, 0.15) is 0 Å². The van der Waals surface area contributed by atoms with E-state index in [1.165, 1.54) is 0 Å². The standard InChI is InChI=1S/C6H11N3O4/c7-1-4(10)8-2-5(11)9-3-6(12)13/h1-3,7H2,(H,8,10)(H,9,11)(H,12,13)/i/hD4. The number of carboxylic acids is 1. The van der Waals surface area contributed by atoms with Crippen LogP contribution >= 0.6 is 0 Å². The summed E-state index contributed by atoms with van der Waals surface area (Å²) in [6.45, 7) is -2.36. The summed E-state index contributed by atoms with van der Waals surface area (Å²) in [5.74, 6) is -3.41. The van der Waals surface area contributed by atoms with Crippen LogP contribution in [0.4, 0.5) is 0 Å². The summed E-state index contributed by atoms with van der Waals surface area (Å²) in [5, 5.41) is 8.57. The number of carbonyl (C=O) groups excluding carboxylic acids is 2. The van der Waals surface area contributed by atoms with E-state index in [1.807, 2.05) is 0 Å². The van der Waals surface area contributed by atoms with Crippen LogP contribution in [0.3, 0.4) is 0 Å². The number of nitrogens with one attached hydrogen (secondary N) is 2. The molecule has 2 amide bonds. The molecule has 0 aromatic heterocycles. The van der Waals surface area contributed by atoms with Crippen molar-refractivity contribution in [2.24, 2.45) is 5.72 Å². The highest BCUT2D eigenvalue weighted by Crippen LogP contribution is 1.66. The molecule has 0 rings (SSSR count). The number of carbonyl (C=O) groups is 3. The van der Waals surface area contributed by atoms with Gasteiger partial charge in [-0.2, -0.15) is 0 Å². The van der Waals surface area contributed by atoms with E-state index >= 15 is 0 Å². The van der Waals surface area contributed by atoms with Crippen molar-refractivity contribution in [2.45, 2.75) is 0 Å². The maximum absolute atomic E-state index is 11.1. The molecule has 0 aromatic rings. The highest BCUT2D eigenvalue weighted by atomic mass is 16.4. The normalized spacial score (nSPS) is 13.6. The lowest BCUT2D eigenvalue weighted by atomic mass is 10.5. The summed E-state index contributed by atoms with van der Waals surface area (Å²) in [6, 6.07) is 0. The van der Waals surface area contributed by atoms with Gasteiger partial charge in [0.25, 0.3) is 0 Å². The maximum atomic E-state index is 11.1. The van der Waals surface area contributed by atoms with Gasteiger partial charge in [0.2, 0.25) is 11.8 Å². The zero-order valence-electron chi connectivity index (χ0n) is 10.6. The third-order valence-corrected chi connectivity index (χ3v) is 0.917. The predicted molar refractivity (Wildman–Crippen MR) is 42.7 cm³/mol. The highest BCUT2D eigenvalue weighted by molar-refractivity contribution is 5.87. The topological polar surface area (TPSA) is 122 Å². The average Bonchev–Trinajstić information content (AvgIpc) is 2.15. The lowest BCUT2D eigenvalue weighted by molar-refractivity contribution is -0.137. The summed E-state index contributed by atoms with van der Waals surface area (Å²) in [4.78, 5) is 32.4. The van der Waals surface area contributed by atoms with E-state index in [2.05, 4.69) is 0 Å². The van der Waals surface area contributed by atoms with Gasteiger partial charge in [-0.15, -0.1) is 0 Å². The fraction of sp³-hybridized carbons (Fsp3) is 0.500. The minimum Gasteiger partial charge on any atom is -0.480 e. The highest BCUT2D eigenvalue weighted by Gasteiger charge is 2.04. The molecule has 0 heterocycles. The van der Waals surface area contributed by atoms with Gasteiger partial charge in [-0.25, -0.2) is 0 Å². The van der Waals surface area contributed by atoms with Crippen LogP contribution in [-0.4, -0.2) is 42.5 Å². The average molecular weight is 193 g/mol. The van der Waals surface area contributed by atoms with Gasteiger partial charge in [0.05, 0.1) is 13.1 Å². The van der Waals surface area contributed by atoms with Crippen LogP contribution in [0.5, 0.6) is 0 Å². The molecular formula is C6H11N3O4. The van der Waals surface area contributed by atoms with Crippen LogP contribution in [0.2, 0.25) is 5.65 Å². The SMILES string of the molecule is [2H]N([2H])CC(=O)N([2H])CC(=O)N([2H])CC(=O)O. The molecule has 7 nitrogen and oxygen atoms in total.